The molecule has 1 amide bonds. The van der Waals surface area contributed by atoms with Gasteiger partial charge in [0.05, 0.1) is 18.5 Å². The molecule has 0 bridgehead atoms. The van der Waals surface area contributed by atoms with Crippen molar-refractivity contribution in [3.8, 4) is 17.6 Å². The van der Waals surface area contributed by atoms with E-state index in [9.17, 15) is 4.79 Å². The molecule has 1 aromatic carbocycles. The second-order valence-corrected chi connectivity index (χ2v) is 7.75. The Kier molecular flexibility index (Phi) is 7.29. The van der Waals surface area contributed by atoms with Crippen molar-refractivity contribution in [3.05, 3.63) is 39.6 Å². The van der Waals surface area contributed by atoms with Gasteiger partial charge < -0.3 is 9.47 Å². The summed E-state index contributed by atoms with van der Waals surface area (Å²) in [6.07, 6.45) is 2.39. The van der Waals surface area contributed by atoms with Crippen LogP contribution in [-0.4, -0.2) is 41.0 Å². The molecule has 156 valence electrons. The van der Waals surface area contributed by atoms with Crippen LogP contribution in [0.3, 0.4) is 0 Å². The van der Waals surface area contributed by atoms with Crippen LogP contribution < -0.4 is 9.64 Å². The molecular weight excluding hydrogens is 495 g/mol. The number of hydrogen-bond donors (Lipinski definition) is 0. The third-order valence-corrected chi connectivity index (χ3v) is 5.45. The number of aromatic nitrogens is 3. The summed E-state index contributed by atoms with van der Waals surface area (Å²) in [4.78, 5) is 19.3. The minimum Gasteiger partial charge on any atom is -0.489 e. The quantitative estimate of drug-likeness (QED) is 0.281. The van der Waals surface area contributed by atoms with E-state index in [0.29, 0.717) is 42.4 Å². The molecule has 0 unspecified atom stereocenters. The van der Waals surface area contributed by atoms with Crippen molar-refractivity contribution >= 4 is 51.0 Å². The van der Waals surface area contributed by atoms with Gasteiger partial charge in [-0.05, 0) is 65.3 Å². The van der Waals surface area contributed by atoms with Crippen LogP contribution in [0.15, 0.2) is 30.5 Å². The predicted octanol–water partition coefficient (Wildman–Crippen LogP) is 3.98. The molecule has 0 aliphatic rings. The van der Waals surface area contributed by atoms with Crippen molar-refractivity contribution in [2.45, 2.75) is 20.3 Å². The first-order valence-corrected chi connectivity index (χ1v) is 10.6. The predicted molar refractivity (Wildman–Crippen MR) is 125 cm³/mol. The van der Waals surface area contributed by atoms with Gasteiger partial charge in [0.25, 0.3) is 0 Å². The van der Waals surface area contributed by atoms with Crippen LogP contribution >= 0.6 is 22.6 Å². The number of rotatable bonds is 6. The van der Waals surface area contributed by atoms with Gasteiger partial charge in [-0.25, -0.2) is 9.88 Å². The van der Waals surface area contributed by atoms with Gasteiger partial charge in [-0.2, -0.15) is 5.10 Å². The van der Waals surface area contributed by atoms with Crippen molar-refractivity contribution < 1.29 is 14.3 Å². The maximum atomic E-state index is 13.1. The Balaban J connectivity index is 2.16. The number of hydrogen-bond acceptors (Lipinski definition) is 5. The second-order valence-electron chi connectivity index (χ2n) is 6.58. The molecule has 2 heterocycles. The fraction of sp³-hybridized carbons (Fsp3) is 0.318. The summed E-state index contributed by atoms with van der Waals surface area (Å²) < 4.78 is 13.8. The number of methoxy groups -OCH3 is 1. The van der Waals surface area contributed by atoms with E-state index in [1.54, 1.807) is 17.9 Å². The van der Waals surface area contributed by atoms with Crippen LogP contribution in [0.2, 0.25) is 0 Å². The largest absolute Gasteiger partial charge is 0.489 e. The fourth-order valence-corrected chi connectivity index (χ4v) is 3.31. The number of nitrogens with zero attached hydrogens (tertiary/aromatic N) is 4. The van der Waals surface area contributed by atoms with Gasteiger partial charge in [0.1, 0.15) is 29.2 Å². The fourth-order valence-electron chi connectivity index (χ4n) is 2.87. The Morgan fingerprint density at radius 1 is 1.27 bits per heavy atom. The zero-order valence-corrected chi connectivity index (χ0v) is 19.6. The van der Waals surface area contributed by atoms with E-state index in [-0.39, 0.29) is 5.91 Å². The smallest absolute Gasteiger partial charge is 0.308 e. The molecule has 2 aromatic heterocycles. The molecule has 3 aromatic rings. The number of halogens is 1. The first-order valence-electron chi connectivity index (χ1n) is 9.49. The van der Waals surface area contributed by atoms with E-state index in [0.717, 1.165) is 14.7 Å². The van der Waals surface area contributed by atoms with Gasteiger partial charge in [0.2, 0.25) is 0 Å². The highest BCUT2D eigenvalue weighted by atomic mass is 127. The summed E-state index contributed by atoms with van der Waals surface area (Å²) >= 11 is 2.25. The van der Waals surface area contributed by atoms with Gasteiger partial charge in [0, 0.05) is 24.1 Å². The lowest BCUT2D eigenvalue weighted by atomic mass is 10.1. The maximum Gasteiger partial charge on any atom is 0.308 e. The Hall–Kier alpha value is -2.64. The minimum atomic E-state index is -0.371. The van der Waals surface area contributed by atoms with E-state index in [1.807, 2.05) is 45.3 Å². The Morgan fingerprint density at radius 3 is 2.80 bits per heavy atom. The lowest BCUT2D eigenvalue weighted by molar-refractivity contribution is -0.112. The summed E-state index contributed by atoms with van der Waals surface area (Å²) in [5, 5.41) is 4.36. The molecule has 0 radical (unpaired) electrons. The highest BCUT2D eigenvalue weighted by Gasteiger charge is 2.23. The number of carbonyl (C=O) groups is 1. The van der Waals surface area contributed by atoms with E-state index in [2.05, 4.69) is 44.5 Å². The van der Waals surface area contributed by atoms with Crippen molar-refractivity contribution in [1.29, 1.82) is 0 Å². The summed E-state index contributed by atoms with van der Waals surface area (Å²) in [6, 6.07) is 7.45. The van der Waals surface area contributed by atoms with Crippen molar-refractivity contribution in [3.63, 3.8) is 0 Å². The van der Waals surface area contributed by atoms with E-state index >= 15 is 0 Å². The topological polar surface area (TPSA) is 69.5 Å². The zero-order valence-electron chi connectivity index (χ0n) is 17.4. The molecule has 3 rings (SSSR count). The zero-order chi connectivity index (χ0) is 21.7. The van der Waals surface area contributed by atoms with Gasteiger partial charge in [-0.3, -0.25) is 9.48 Å². The third-order valence-electron chi connectivity index (χ3n) is 4.29. The number of carbonyl (C=O) groups excluding carboxylic acids is 1. The molecule has 8 heteroatoms. The van der Waals surface area contributed by atoms with E-state index < -0.39 is 0 Å². The molecule has 0 N–H and O–H groups in total. The molecular formula is C22H23IN4O3. The molecule has 0 saturated carbocycles. The van der Waals surface area contributed by atoms with Crippen LogP contribution in [-0.2, 0) is 16.6 Å². The van der Waals surface area contributed by atoms with Crippen molar-refractivity contribution in [1.82, 2.24) is 14.8 Å². The number of amides is 1. The lowest BCUT2D eigenvalue weighted by Crippen LogP contribution is -2.26. The van der Waals surface area contributed by atoms with Crippen molar-refractivity contribution in [2.75, 3.05) is 25.2 Å². The third kappa shape index (κ3) is 4.91. The molecule has 7 nitrogen and oxygen atoms in total. The SMILES string of the molecule is CCC#CC(=O)N(c1ccc2nn(C)cc2n1)c1cc(C)c(I)cc1OCCOC. The number of ether oxygens (including phenoxy) is 2. The number of pyridine rings is 1. The number of fused-ring (bicyclic) bond motifs is 1. The molecule has 0 atom stereocenters. The van der Waals surface area contributed by atoms with Crippen LogP contribution in [0.25, 0.3) is 11.0 Å². The summed E-state index contributed by atoms with van der Waals surface area (Å²) in [5.41, 5.74) is 3.06. The molecule has 0 saturated heterocycles. The van der Waals surface area contributed by atoms with Crippen LogP contribution in [0.4, 0.5) is 11.5 Å². The average molecular weight is 518 g/mol. The van der Waals surface area contributed by atoms with E-state index in [1.165, 1.54) is 4.90 Å². The van der Waals surface area contributed by atoms with Gasteiger partial charge in [-0.15, -0.1) is 0 Å². The summed E-state index contributed by atoms with van der Waals surface area (Å²) in [7, 11) is 3.45. The second kappa shape index (κ2) is 9.91. The standard InChI is InChI=1S/C22H23IN4O3/c1-5-6-7-22(28)27(21-9-8-17-18(24-21)14-26(3)25-17)19-12-15(2)16(23)13-20(19)30-11-10-29-4/h8-9,12-14H,5,10-11H2,1-4H3. The molecule has 0 aliphatic heterocycles. The van der Waals surface area contributed by atoms with Gasteiger partial charge >= 0.3 is 5.91 Å². The normalized spacial score (nSPS) is 10.6. The first-order chi connectivity index (χ1) is 14.4. The van der Waals surface area contributed by atoms with Gasteiger partial charge in [-0.1, -0.05) is 12.8 Å². The van der Waals surface area contributed by atoms with Crippen LogP contribution in [0.1, 0.15) is 18.9 Å². The average Bonchev–Trinajstić information content (AvgIpc) is 3.09. The summed E-state index contributed by atoms with van der Waals surface area (Å²) in [6.45, 7) is 4.69. The number of anilines is 2. The van der Waals surface area contributed by atoms with E-state index in [4.69, 9.17) is 9.47 Å². The number of benzene rings is 1. The van der Waals surface area contributed by atoms with Crippen molar-refractivity contribution in [2.24, 2.45) is 7.05 Å². The monoisotopic (exact) mass is 518 g/mol. The molecule has 0 spiro atoms. The highest BCUT2D eigenvalue weighted by molar-refractivity contribution is 14.1. The van der Waals surface area contributed by atoms with Crippen LogP contribution in [0, 0.1) is 22.3 Å². The molecule has 30 heavy (non-hydrogen) atoms. The van der Waals surface area contributed by atoms with Crippen LogP contribution in [0.5, 0.6) is 5.75 Å². The molecule has 0 aliphatic carbocycles. The maximum absolute atomic E-state index is 13.1. The Labute approximate surface area is 189 Å². The number of aryl methyl sites for hydroxylation is 2. The first kappa shape index (κ1) is 22.1. The Morgan fingerprint density at radius 2 is 2.07 bits per heavy atom. The Bertz CT molecular complexity index is 1130. The lowest BCUT2D eigenvalue weighted by Gasteiger charge is -2.23. The molecule has 0 fully saturated rings. The summed E-state index contributed by atoms with van der Waals surface area (Å²) in [5.74, 6) is 6.23. The highest BCUT2D eigenvalue weighted by Crippen LogP contribution is 2.36. The van der Waals surface area contributed by atoms with Gasteiger partial charge in [0.15, 0.2) is 0 Å². The minimum absolute atomic E-state index is 0.361.